The zero-order valence-corrected chi connectivity index (χ0v) is 10.4. The molecule has 1 aromatic rings. The highest BCUT2D eigenvalue weighted by Crippen LogP contribution is 2.26. The van der Waals surface area contributed by atoms with E-state index in [0.29, 0.717) is 12.1 Å². The van der Waals surface area contributed by atoms with Crippen LogP contribution in [0.3, 0.4) is 0 Å². The van der Waals surface area contributed by atoms with Crippen LogP contribution in [-0.4, -0.2) is 17.2 Å². The summed E-state index contributed by atoms with van der Waals surface area (Å²) < 4.78 is 0. The maximum absolute atomic E-state index is 9.72. The van der Waals surface area contributed by atoms with Crippen molar-refractivity contribution in [1.29, 1.82) is 0 Å². The summed E-state index contributed by atoms with van der Waals surface area (Å²) in [6.07, 6.45) is 4.08. The van der Waals surface area contributed by atoms with Crippen molar-refractivity contribution in [2.45, 2.75) is 50.8 Å². The molecule has 1 aliphatic rings. The number of aliphatic hydroxyl groups excluding tert-OH is 1. The first-order valence-electron chi connectivity index (χ1n) is 6.46. The topological polar surface area (TPSA) is 58.3 Å². The van der Waals surface area contributed by atoms with E-state index in [1.54, 1.807) is 6.92 Å². The third kappa shape index (κ3) is 3.20. The summed E-state index contributed by atoms with van der Waals surface area (Å²) in [5.41, 5.74) is 7.99. The maximum atomic E-state index is 9.72. The minimum Gasteiger partial charge on any atom is -0.389 e. The Balaban J connectivity index is 2.07. The lowest BCUT2D eigenvalue weighted by atomic mass is 9.91. The van der Waals surface area contributed by atoms with Crippen molar-refractivity contribution < 1.29 is 5.11 Å². The van der Waals surface area contributed by atoms with Gasteiger partial charge >= 0.3 is 0 Å². The summed E-state index contributed by atoms with van der Waals surface area (Å²) >= 11 is 0. The fourth-order valence-electron chi connectivity index (χ4n) is 2.57. The maximum Gasteiger partial charge on any atom is 0.0781 e. The molecule has 1 saturated carbocycles. The van der Waals surface area contributed by atoms with Gasteiger partial charge in [0.25, 0.3) is 0 Å². The Labute approximate surface area is 103 Å². The van der Waals surface area contributed by atoms with Crippen LogP contribution in [0.4, 0.5) is 5.69 Å². The molecule has 0 heterocycles. The first kappa shape index (κ1) is 12.4. The Morgan fingerprint density at radius 2 is 2.12 bits per heavy atom. The van der Waals surface area contributed by atoms with Gasteiger partial charge in [0.15, 0.2) is 0 Å². The lowest BCUT2D eigenvalue weighted by Crippen LogP contribution is -2.35. The van der Waals surface area contributed by atoms with Crippen LogP contribution in [0.2, 0.25) is 0 Å². The van der Waals surface area contributed by atoms with Gasteiger partial charge in [0.1, 0.15) is 0 Å². The van der Waals surface area contributed by atoms with Gasteiger partial charge in [-0.05, 0) is 38.7 Å². The van der Waals surface area contributed by atoms with Crippen molar-refractivity contribution in [2.75, 3.05) is 5.32 Å². The number of hydrogen-bond acceptors (Lipinski definition) is 3. The molecule has 1 aliphatic carbocycles. The van der Waals surface area contributed by atoms with Crippen LogP contribution in [0.1, 0.15) is 44.3 Å². The molecule has 2 rings (SSSR count). The molecule has 0 bridgehead atoms. The summed E-state index contributed by atoms with van der Waals surface area (Å²) in [4.78, 5) is 0. The molecule has 3 heteroatoms. The first-order valence-corrected chi connectivity index (χ1v) is 6.46. The highest BCUT2D eigenvalue weighted by Gasteiger charge is 2.20. The number of aliphatic hydroxyl groups is 1. The molecule has 1 fully saturated rings. The van der Waals surface area contributed by atoms with Gasteiger partial charge in [0, 0.05) is 23.3 Å². The average molecular weight is 234 g/mol. The van der Waals surface area contributed by atoms with Crippen LogP contribution in [0.5, 0.6) is 0 Å². The van der Waals surface area contributed by atoms with E-state index in [9.17, 15) is 5.11 Å². The van der Waals surface area contributed by atoms with Gasteiger partial charge in [0.05, 0.1) is 6.10 Å². The summed E-state index contributed by atoms with van der Waals surface area (Å²) in [7, 11) is 0. The van der Waals surface area contributed by atoms with Crippen LogP contribution >= 0.6 is 0 Å². The standard InChI is InChI=1S/C14H22N2O/c1-10(17)13-7-2-3-8-14(13)16-12-6-4-5-11(15)9-12/h2-3,7-8,10-12,16-17H,4-6,9,15H2,1H3. The van der Waals surface area contributed by atoms with E-state index >= 15 is 0 Å². The summed E-state index contributed by atoms with van der Waals surface area (Å²) in [6.45, 7) is 1.80. The van der Waals surface area contributed by atoms with E-state index in [-0.39, 0.29) is 0 Å². The number of nitrogens with one attached hydrogen (secondary N) is 1. The molecule has 0 spiro atoms. The van der Waals surface area contributed by atoms with Gasteiger partial charge in [-0.25, -0.2) is 0 Å². The normalized spacial score (nSPS) is 26.5. The second-order valence-corrected chi connectivity index (χ2v) is 5.03. The summed E-state index contributed by atoms with van der Waals surface area (Å²) in [6, 6.07) is 8.72. The SMILES string of the molecule is CC(O)c1ccccc1NC1CCCC(N)C1. The Morgan fingerprint density at radius 1 is 1.35 bits per heavy atom. The minimum absolute atomic E-state index is 0.319. The van der Waals surface area contributed by atoms with Crippen LogP contribution < -0.4 is 11.1 Å². The third-order valence-corrected chi connectivity index (χ3v) is 3.49. The van der Waals surface area contributed by atoms with Crippen molar-refractivity contribution in [3.05, 3.63) is 29.8 Å². The van der Waals surface area contributed by atoms with Crippen molar-refractivity contribution in [3.8, 4) is 0 Å². The second-order valence-electron chi connectivity index (χ2n) is 5.03. The van der Waals surface area contributed by atoms with Gasteiger partial charge in [-0.15, -0.1) is 0 Å². The minimum atomic E-state index is -0.434. The van der Waals surface area contributed by atoms with E-state index in [4.69, 9.17) is 5.73 Å². The third-order valence-electron chi connectivity index (χ3n) is 3.49. The molecule has 0 saturated heterocycles. The first-order chi connectivity index (χ1) is 8.16. The number of nitrogens with two attached hydrogens (primary N) is 1. The number of hydrogen-bond donors (Lipinski definition) is 3. The molecule has 3 atom stereocenters. The fourth-order valence-corrected chi connectivity index (χ4v) is 2.57. The molecule has 3 nitrogen and oxygen atoms in total. The largest absolute Gasteiger partial charge is 0.389 e. The van der Waals surface area contributed by atoms with Crippen LogP contribution in [0, 0.1) is 0 Å². The lowest BCUT2D eigenvalue weighted by molar-refractivity contribution is 0.200. The lowest BCUT2D eigenvalue weighted by Gasteiger charge is -2.29. The molecular formula is C14H22N2O. The van der Waals surface area contributed by atoms with Gasteiger partial charge < -0.3 is 16.2 Å². The van der Waals surface area contributed by atoms with E-state index < -0.39 is 6.10 Å². The van der Waals surface area contributed by atoms with Crippen LogP contribution in [0.15, 0.2) is 24.3 Å². The molecular weight excluding hydrogens is 212 g/mol. The summed E-state index contributed by atoms with van der Waals surface area (Å²) in [5.74, 6) is 0. The van der Waals surface area contributed by atoms with Gasteiger partial charge in [-0.3, -0.25) is 0 Å². The Hall–Kier alpha value is -1.06. The van der Waals surface area contributed by atoms with Gasteiger partial charge in [-0.2, -0.15) is 0 Å². The zero-order valence-electron chi connectivity index (χ0n) is 10.4. The molecule has 3 unspecified atom stereocenters. The number of anilines is 1. The second kappa shape index (κ2) is 5.52. The van der Waals surface area contributed by atoms with E-state index in [2.05, 4.69) is 5.32 Å². The van der Waals surface area contributed by atoms with Gasteiger partial charge in [0.2, 0.25) is 0 Å². The zero-order chi connectivity index (χ0) is 12.3. The summed E-state index contributed by atoms with van der Waals surface area (Å²) in [5, 5.41) is 13.2. The van der Waals surface area contributed by atoms with Crippen LogP contribution in [0.25, 0.3) is 0 Å². The highest BCUT2D eigenvalue weighted by molar-refractivity contribution is 5.52. The molecule has 1 aromatic carbocycles. The van der Waals surface area contributed by atoms with E-state index in [1.165, 1.54) is 12.8 Å². The average Bonchev–Trinajstić information content (AvgIpc) is 2.29. The van der Waals surface area contributed by atoms with Crippen LogP contribution in [-0.2, 0) is 0 Å². The van der Waals surface area contributed by atoms with E-state index in [1.807, 2.05) is 24.3 Å². The number of para-hydroxylation sites is 1. The molecule has 0 aromatic heterocycles. The smallest absolute Gasteiger partial charge is 0.0781 e. The van der Waals surface area contributed by atoms with Crippen molar-refractivity contribution in [3.63, 3.8) is 0 Å². The Morgan fingerprint density at radius 3 is 2.82 bits per heavy atom. The molecule has 0 amide bonds. The predicted octanol–water partition coefficient (Wildman–Crippen LogP) is 2.42. The molecule has 4 N–H and O–H groups in total. The monoisotopic (exact) mass is 234 g/mol. The Bertz CT molecular complexity index is 365. The molecule has 0 radical (unpaired) electrons. The number of rotatable bonds is 3. The fraction of sp³-hybridized carbons (Fsp3) is 0.571. The van der Waals surface area contributed by atoms with E-state index in [0.717, 1.165) is 24.1 Å². The molecule has 17 heavy (non-hydrogen) atoms. The number of benzene rings is 1. The van der Waals surface area contributed by atoms with Gasteiger partial charge in [-0.1, -0.05) is 18.2 Å². The molecule has 94 valence electrons. The Kier molecular flexibility index (Phi) is 4.02. The van der Waals surface area contributed by atoms with Crippen molar-refractivity contribution >= 4 is 5.69 Å². The quantitative estimate of drug-likeness (QED) is 0.752. The predicted molar refractivity (Wildman–Crippen MR) is 70.9 cm³/mol. The molecule has 0 aliphatic heterocycles. The van der Waals surface area contributed by atoms with Crippen molar-refractivity contribution in [2.24, 2.45) is 5.73 Å². The highest BCUT2D eigenvalue weighted by atomic mass is 16.3. The van der Waals surface area contributed by atoms with Crippen molar-refractivity contribution in [1.82, 2.24) is 0 Å².